The molecule has 0 spiro atoms. The van der Waals surface area contributed by atoms with Crippen LogP contribution < -0.4 is 0 Å². The van der Waals surface area contributed by atoms with Gasteiger partial charge in [-0.2, -0.15) is 0 Å². The third-order valence-corrected chi connectivity index (χ3v) is 3.33. The summed E-state index contributed by atoms with van der Waals surface area (Å²) in [6.07, 6.45) is 8.90. The van der Waals surface area contributed by atoms with Gasteiger partial charge in [0.25, 0.3) is 0 Å². The Kier molecular flexibility index (Phi) is 11.2. The van der Waals surface area contributed by atoms with Crippen molar-refractivity contribution in [2.24, 2.45) is 0 Å². The summed E-state index contributed by atoms with van der Waals surface area (Å²) in [6.45, 7) is 5.02. The minimum Gasteiger partial charge on any atom is -0.146 e. The lowest BCUT2D eigenvalue weighted by molar-refractivity contribution is 0.316. The minimum absolute atomic E-state index is 0.682. The second kappa shape index (κ2) is 11.1. The molecule has 0 aromatic carbocycles. The van der Waals surface area contributed by atoms with Crippen LogP contribution in [0.5, 0.6) is 0 Å². The van der Waals surface area contributed by atoms with Gasteiger partial charge in [0.15, 0.2) is 6.16 Å². The van der Waals surface area contributed by atoms with Crippen LogP contribution in [0.2, 0.25) is 0 Å². The molecule has 0 aliphatic carbocycles. The highest BCUT2D eigenvalue weighted by Gasteiger charge is 2.15. The fraction of sp³-hybridized carbons (Fsp3) is 1.00. The molecule has 0 aliphatic rings. The van der Waals surface area contributed by atoms with Crippen LogP contribution in [0.1, 0.15) is 58.8 Å². The molecular formula is C11H24O2P+. The molecule has 0 rings (SSSR count). The molecule has 0 N–H and O–H groups in total. The van der Waals surface area contributed by atoms with Crippen LogP contribution >= 0.6 is 8.03 Å². The maximum atomic E-state index is 11.3. The highest BCUT2D eigenvalue weighted by atomic mass is 31.1. The molecule has 14 heavy (non-hydrogen) atoms. The van der Waals surface area contributed by atoms with E-state index in [1.807, 2.05) is 0 Å². The SMILES string of the molecule is CCCCCCO[P+](=O)CCCCC. The Bertz CT molecular complexity index is 137. The Hall–Kier alpha value is 0.0600. The predicted octanol–water partition coefficient (Wildman–Crippen LogP) is 4.52. The second-order valence-electron chi connectivity index (χ2n) is 3.66. The molecule has 1 atom stereocenters. The van der Waals surface area contributed by atoms with Crippen LogP contribution in [0, 0.1) is 0 Å². The van der Waals surface area contributed by atoms with E-state index in [1.54, 1.807) is 0 Å². The molecule has 0 heterocycles. The van der Waals surface area contributed by atoms with Crippen molar-refractivity contribution in [3.63, 3.8) is 0 Å². The van der Waals surface area contributed by atoms with Crippen LogP contribution in [-0.2, 0) is 9.09 Å². The largest absolute Gasteiger partial charge is 0.508 e. The fourth-order valence-electron chi connectivity index (χ4n) is 1.25. The van der Waals surface area contributed by atoms with E-state index in [0.29, 0.717) is 6.61 Å². The standard InChI is InChI=1S/C11H24O2P/c1-3-5-7-8-10-13-14(12)11-9-6-4-2/h3-11H2,1-2H3/q+1. The summed E-state index contributed by atoms with van der Waals surface area (Å²) in [4.78, 5) is 0. The number of rotatable bonds is 10. The third kappa shape index (κ3) is 10.1. The van der Waals surface area contributed by atoms with E-state index >= 15 is 0 Å². The second-order valence-corrected chi connectivity index (χ2v) is 5.03. The van der Waals surface area contributed by atoms with Crippen molar-refractivity contribution in [1.29, 1.82) is 0 Å². The first kappa shape index (κ1) is 14.1. The van der Waals surface area contributed by atoms with Crippen LogP contribution in [-0.4, -0.2) is 12.8 Å². The Balaban J connectivity index is 3.10. The average Bonchev–Trinajstić information content (AvgIpc) is 2.18. The van der Waals surface area contributed by atoms with Gasteiger partial charge >= 0.3 is 8.03 Å². The molecule has 0 amide bonds. The molecule has 0 aromatic rings. The van der Waals surface area contributed by atoms with Crippen LogP contribution in [0.25, 0.3) is 0 Å². The van der Waals surface area contributed by atoms with Gasteiger partial charge in [-0.05, 0) is 23.8 Å². The Labute approximate surface area is 89.3 Å². The van der Waals surface area contributed by atoms with Gasteiger partial charge in [-0.25, -0.2) is 0 Å². The first-order valence-corrected chi connectivity index (χ1v) is 7.25. The molecule has 0 saturated carbocycles. The molecule has 2 nitrogen and oxygen atoms in total. The van der Waals surface area contributed by atoms with Crippen molar-refractivity contribution in [2.45, 2.75) is 58.8 Å². The monoisotopic (exact) mass is 219 g/mol. The van der Waals surface area contributed by atoms with Crippen molar-refractivity contribution in [3.8, 4) is 0 Å². The van der Waals surface area contributed by atoms with E-state index < -0.39 is 8.03 Å². The summed E-state index contributed by atoms with van der Waals surface area (Å²) in [7, 11) is -1.36. The zero-order valence-electron chi connectivity index (χ0n) is 9.63. The van der Waals surface area contributed by atoms with Gasteiger partial charge in [-0.1, -0.05) is 39.5 Å². The highest BCUT2D eigenvalue weighted by molar-refractivity contribution is 7.39. The maximum Gasteiger partial charge on any atom is 0.508 e. The lowest BCUT2D eigenvalue weighted by Crippen LogP contribution is -1.89. The van der Waals surface area contributed by atoms with E-state index in [4.69, 9.17) is 4.52 Å². The molecule has 0 saturated heterocycles. The third-order valence-electron chi connectivity index (χ3n) is 2.18. The molecule has 0 fully saturated rings. The van der Waals surface area contributed by atoms with Gasteiger partial charge in [0.05, 0.1) is 0 Å². The van der Waals surface area contributed by atoms with Gasteiger partial charge in [-0.15, -0.1) is 4.52 Å². The summed E-state index contributed by atoms with van der Waals surface area (Å²) in [5.41, 5.74) is 0. The molecule has 1 unspecified atom stereocenters. The minimum atomic E-state index is -1.36. The first-order valence-electron chi connectivity index (χ1n) is 5.88. The number of hydrogen-bond donors (Lipinski definition) is 0. The summed E-state index contributed by atoms with van der Waals surface area (Å²) in [6, 6.07) is 0. The van der Waals surface area contributed by atoms with E-state index in [9.17, 15) is 4.57 Å². The molecule has 0 aromatic heterocycles. The normalized spacial score (nSPS) is 11.7. The average molecular weight is 219 g/mol. The molecule has 84 valence electrons. The molecule has 0 bridgehead atoms. The van der Waals surface area contributed by atoms with E-state index in [2.05, 4.69) is 13.8 Å². The van der Waals surface area contributed by atoms with Crippen molar-refractivity contribution in [1.82, 2.24) is 0 Å². The van der Waals surface area contributed by atoms with Gasteiger partial charge in [-0.3, -0.25) is 0 Å². The molecule has 0 radical (unpaired) electrons. The smallest absolute Gasteiger partial charge is 0.146 e. The van der Waals surface area contributed by atoms with Crippen LogP contribution in [0.4, 0.5) is 0 Å². The van der Waals surface area contributed by atoms with Crippen molar-refractivity contribution >= 4 is 8.03 Å². The predicted molar refractivity (Wildman–Crippen MR) is 62.1 cm³/mol. The number of hydrogen-bond acceptors (Lipinski definition) is 2. The Morgan fingerprint density at radius 2 is 1.57 bits per heavy atom. The van der Waals surface area contributed by atoms with Gasteiger partial charge in [0.1, 0.15) is 6.61 Å². The zero-order valence-corrected chi connectivity index (χ0v) is 10.5. The van der Waals surface area contributed by atoms with Gasteiger partial charge in [0.2, 0.25) is 0 Å². The summed E-state index contributed by atoms with van der Waals surface area (Å²) in [5.74, 6) is 0. The fourth-order valence-corrected chi connectivity index (χ4v) is 2.19. The molecule has 3 heteroatoms. The summed E-state index contributed by atoms with van der Waals surface area (Å²) in [5, 5.41) is 0. The number of unbranched alkanes of at least 4 members (excludes halogenated alkanes) is 5. The van der Waals surface area contributed by atoms with Gasteiger partial charge < -0.3 is 0 Å². The summed E-state index contributed by atoms with van der Waals surface area (Å²) < 4.78 is 16.5. The van der Waals surface area contributed by atoms with Crippen LogP contribution in [0.15, 0.2) is 0 Å². The first-order chi connectivity index (χ1) is 6.81. The highest BCUT2D eigenvalue weighted by Crippen LogP contribution is 2.24. The van der Waals surface area contributed by atoms with Gasteiger partial charge in [0, 0.05) is 0 Å². The molecule has 0 aliphatic heterocycles. The lowest BCUT2D eigenvalue weighted by atomic mass is 10.2. The Morgan fingerprint density at radius 3 is 2.21 bits per heavy atom. The van der Waals surface area contributed by atoms with Crippen molar-refractivity contribution < 1.29 is 9.09 Å². The van der Waals surface area contributed by atoms with Crippen molar-refractivity contribution in [3.05, 3.63) is 0 Å². The topological polar surface area (TPSA) is 26.3 Å². The Morgan fingerprint density at radius 1 is 0.929 bits per heavy atom. The van der Waals surface area contributed by atoms with E-state index in [1.165, 1.54) is 32.1 Å². The zero-order chi connectivity index (χ0) is 10.6. The summed E-state index contributed by atoms with van der Waals surface area (Å²) >= 11 is 0. The van der Waals surface area contributed by atoms with Crippen LogP contribution in [0.3, 0.4) is 0 Å². The molecular weight excluding hydrogens is 195 g/mol. The maximum absolute atomic E-state index is 11.3. The lowest BCUT2D eigenvalue weighted by Gasteiger charge is -1.94. The van der Waals surface area contributed by atoms with E-state index in [0.717, 1.165) is 19.0 Å². The van der Waals surface area contributed by atoms with E-state index in [-0.39, 0.29) is 0 Å². The van der Waals surface area contributed by atoms with Crippen molar-refractivity contribution in [2.75, 3.05) is 12.8 Å². The quantitative estimate of drug-likeness (QED) is 0.399.